The highest BCUT2D eigenvalue weighted by molar-refractivity contribution is 7.99. The monoisotopic (exact) mass is 251 g/mol. The summed E-state index contributed by atoms with van der Waals surface area (Å²) in [7, 11) is -2.80. The van der Waals surface area contributed by atoms with E-state index in [4.69, 9.17) is 0 Å². The largest absolute Gasteiger partial charge is 0.313 e. The Balaban J connectivity index is 2.14. The van der Waals surface area contributed by atoms with Crippen LogP contribution in [-0.2, 0) is 9.84 Å². The number of rotatable bonds is 6. The number of thioether (sulfide) groups is 1. The van der Waals surface area contributed by atoms with Crippen molar-refractivity contribution >= 4 is 21.6 Å². The molecule has 90 valence electrons. The zero-order valence-corrected chi connectivity index (χ0v) is 11.0. The molecule has 1 heterocycles. The molecule has 1 aliphatic rings. The van der Waals surface area contributed by atoms with Crippen LogP contribution in [0.5, 0.6) is 0 Å². The molecular weight excluding hydrogens is 230 g/mol. The minimum Gasteiger partial charge on any atom is -0.313 e. The van der Waals surface area contributed by atoms with E-state index < -0.39 is 9.84 Å². The Morgan fingerprint density at radius 1 is 1.27 bits per heavy atom. The maximum atomic E-state index is 11.4. The SMILES string of the molecule is CCCS(=O)(=O)CCNC1CCSCC1. The highest BCUT2D eigenvalue weighted by Crippen LogP contribution is 2.16. The van der Waals surface area contributed by atoms with Gasteiger partial charge in [-0.25, -0.2) is 8.42 Å². The first-order valence-electron chi connectivity index (χ1n) is 5.65. The lowest BCUT2D eigenvalue weighted by Crippen LogP contribution is -2.36. The third-order valence-electron chi connectivity index (χ3n) is 2.58. The Kier molecular flexibility index (Phi) is 6.00. The first-order valence-corrected chi connectivity index (χ1v) is 8.63. The second-order valence-corrected chi connectivity index (χ2v) is 7.52. The van der Waals surface area contributed by atoms with E-state index in [0.29, 0.717) is 24.1 Å². The van der Waals surface area contributed by atoms with E-state index in [9.17, 15) is 8.42 Å². The lowest BCUT2D eigenvalue weighted by Gasteiger charge is -2.22. The predicted octanol–water partition coefficient (Wildman–Crippen LogP) is 1.30. The number of hydrogen-bond acceptors (Lipinski definition) is 4. The molecule has 1 N–H and O–H groups in total. The van der Waals surface area contributed by atoms with Crippen LogP contribution < -0.4 is 5.32 Å². The van der Waals surface area contributed by atoms with E-state index in [1.54, 1.807) is 0 Å². The third-order valence-corrected chi connectivity index (χ3v) is 5.49. The molecule has 0 aliphatic carbocycles. The molecule has 0 aromatic rings. The van der Waals surface area contributed by atoms with E-state index in [1.807, 2.05) is 18.7 Å². The van der Waals surface area contributed by atoms with Crippen molar-refractivity contribution in [2.24, 2.45) is 0 Å². The summed E-state index contributed by atoms with van der Waals surface area (Å²) in [5.74, 6) is 3.04. The number of nitrogens with one attached hydrogen (secondary N) is 1. The molecule has 0 saturated carbocycles. The summed E-state index contributed by atoms with van der Waals surface area (Å²) in [6.07, 6.45) is 3.08. The number of hydrogen-bond donors (Lipinski definition) is 1. The normalized spacial score (nSPS) is 19.3. The molecular formula is C10H21NO2S2. The van der Waals surface area contributed by atoms with Gasteiger partial charge in [0.05, 0.1) is 5.75 Å². The van der Waals surface area contributed by atoms with Crippen LogP contribution in [0.4, 0.5) is 0 Å². The first-order chi connectivity index (χ1) is 7.14. The van der Waals surface area contributed by atoms with E-state index in [-0.39, 0.29) is 0 Å². The molecule has 0 aromatic carbocycles. The van der Waals surface area contributed by atoms with Crippen LogP contribution >= 0.6 is 11.8 Å². The minimum atomic E-state index is -2.80. The highest BCUT2D eigenvalue weighted by Gasteiger charge is 2.14. The number of sulfone groups is 1. The maximum absolute atomic E-state index is 11.4. The summed E-state index contributed by atoms with van der Waals surface area (Å²) in [4.78, 5) is 0. The van der Waals surface area contributed by atoms with Crippen LogP contribution in [0.2, 0.25) is 0 Å². The zero-order valence-electron chi connectivity index (χ0n) is 9.37. The van der Waals surface area contributed by atoms with Gasteiger partial charge >= 0.3 is 0 Å². The average molecular weight is 251 g/mol. The summed E-state index contributed by atoms with van der Waals surface area (Å²) in [5.41, 5.74) is 0. The van der Waals surface area contributed by atoms with Crippen LogP contribution in [0.1, 0.15) is 26.2 Å². The van der Waals surface area contributed by atoms with Crippen molar-refractivity contribution in [3.05, 3.63) is 0 Å². The topological polar surface area (TPSA) is 46.2 Å². The van der Waals surface area contributed by atoms with Crippen LogP contribution in [-0.4, -0.2) is 44.0 Å². The van der Waals surface area contributed by atoms with E-state index in [2.05, 4.69) is 5.32 Å². The Morgan fingerprint density at radius 2 is 1.93 bits per heavy atom. The first kappa shape index (κ1) is 13.3. The third kappa shape index (κ3) is 5.78. The average Bonchev–Trinajstić information content (AvgIpc) is 2.19. The molecule has 0 bridgehead atoms. The van der Waals surface area contributed by atoms with Crippen molar-refractivity contribution < 1.29 is 8.42 Å². The maximum Gasteiger partial charge on any atom is 0.151 e. The standard InChI is InChI=1S/C10H21NO2S2/c1-2-8-15(12,13)9-5-11-10-3-6-14-7-4-10/h10-11H,2-9H2,1H3. The van der Waals surface area contributed by atoms with Gasteiger partial charge in [0.1, 0.15) is 0 Å². The lowest BCUT2D eigenvalue weighted by atomic mass is 10.1. The van der Waals surface area contributed by atoms with Crippen LogP contribution in [0, 0.1) is 0 Å². The van der Waals surface area contributed by atoms with Gasteiger partial charge in [-0.2, -0.15) is 11.8 Å². The molecule has 5 heteroatoms. The molecule has 15 heavy (non-hydrogen) atoms. The summed E-state index contributed by atoms with van der Waals surface area (Å²) in [6.45, 7) is 2.53. The Labute approximate surface area is 97.3 Å². The molecule has 1 saturated heterocycles. The van der Waals surface area contributed by atoms with Gasteiger partial charge in [-0.05, 0) is 30.8 Å². The van der Waals surface area contributed by atoms with Crippen molar-refractivity contribution in [3.63, 3.8) is 0 Å². The molecule has 1 rings (SSSR count). The Hall–Kier alpha value is 0.260. The summed E-state index contributed by atoms with van der Waals surface area (Å²) < 4.78 is 22.9. The molecule has 0 amide bonds. The van der Waals surface area contributed by atoms with Gasteiger partial charge in [-0.15, -0.1) is 0 Å². The fraction of sp³-hybridized carbons (Fsp3) is 1.00. The minimum absolute atomic E-state index is 0.296. The Bertz CT molecular complexity index is 259. The molecule has 0 spiro atoms. The second kappa shape index (κ2) is 6.76. The lowest BCUT2D eigenvalue weighted by molar-refractivity contribution is 0.495. The van der Waals surface area contributed by atoms with Gasteiger partial charge in [-0.1, -0.05) is 6.92 Å². The van der Waals surface area contributed by atoms with Crippen molar-refractivity contribution in [2.75, 3.05) is 29.6 Å². The quantitative estimate of drug-likeness (QED) is 0.773. The van der Waals surface area contributed by atoms with Crippen LogP contribution in [0.25, 0.3) is 0 Å². The van der Waals surface area contributed by atoms with Gasteiger partial charge in [-0.3, -0.25) is 0 Å². The molecule has 1 fully saturated rings. The molecule has 0 aromatic heterocycles. The highest BCUT2D eigenvalue weighted by atomic mass is 32.2. The van der Waals surface area contributed by atoms with Crippen molar-refractivity contribution in [1.29, 1.82) is 0 Å². The van der Waals surface area contributed by atoms with Crippen LogP contribution in [0.15, 0.2) is 0 Å². The zero-order chi connectivity index (χ0) is 11.1. The van der Waals surface area contributed by atoms with Crippen molar-refractivity contribution in [3.8, 4) is 0 Å². The summed E-state index contributed by atoms with van der Waals surface area (Å²) in [6, 6.07) is 0.545. The van der Waals surface area contributed by atoms with Gasteiger partial charge in [0, 0.05) is 18.3 Å². The molecule has 3 nitrogen and oxygen atoms in total. The van der Waals surface area contributed by atoms with Gasteiger partial charge in [0.2, 0.25) is 0 Å². The van der Waals surface area contributed by atoms with Gasteiger partial charge < -0.3 is 5.32 Å². The van der Waals surface area contributed by atoms with E-state index >= 15 is 0 Å². The van der Waals surface area contributed by atoms with Gasteiger partial charge in [0.15, 0.2) is 9.84 Å². The molecule has 1 aliphatic heterocycles. The fourth-order valence-electron chi connectivity index (χ4n) is 1.73. The molecule has 0 atom stereocenters. The van der Waals surface area contributed by atoms with Crippen molar-refractivity contribution in [1.82, 2.24) is 5.32 Å². The summed E-state index contributed by atoms with van der Waals surface area (Å²) in [5, 5.41) is 3.34. The fourth-order valence-corrected chi connectivity index (χ4v) is 4.09. The smallest absolute Gasteiger partial charge is 0.151 e. The molecule has 0 unspecified atom stereocenters. The van der Waals surface area contributed by atoms with Crippen molar-refractivity contribution in [2.45, 2.75) is 32.2 Å². The Morgan fingerprint density at radius 3 is 2.53 bits per heavy atom. The predicted molar refractivity (Wildman–Crippen MR) is 67.3 cm³/mol. The second-order valence-electron chi connectivity index (χ2n) is 3.99. The van der Waals surface area contributed by atoms with Crippen LogP contribution in [0.3, 0.4) is 0 Å². The van der Waals surface area contributed by atoms with E-state index in [0.717, 1.165) is 6.42 Å². The van der Waals surface area contributed by atoms with E-state index in [1.165, 1.54) is 24.3 Å². The summed E-state index contributed by atoms with van der Waals surface area (Å²) >= 11 is 1.99. The van der Waals surface area contributed by atoms with Gasteiger partial charge in [0.25, 0.3) is 0 Å². The molecule has 0 radical (unpaired) electrons.